The van der Waals surface area contributed by atoms with Gasteiger partial charge in [-0.15, -0.1) is 10.2 Å². The number of amides is 2. The summed E-state index contributed by atoms with van der Waals surface area (Å²) in [5.41, 5.74) is 2.17. The van der Waals surface area contributed by atoms with Gasteiger partial charge in [0.15, 0.2) is 5.76 Å². The summed E-state index contributed by atoms with van der Waals surface area (Å²) >= 11 is 0. The smallest absolute Gasteiger partial charge is 0.251 e. The zero-order chi connectivity index (χ0) is 25.8. The molecule has 0 aliphatic heterocycles. The first-order valence-corrected chi connectivity index (χ1v) is 12.4. The van der Waals surface area contributed by atoms with Crippen LogP contribution in [0.2, 0.25) is 0 Å². The number of aryl methyl sites for hydroxylation is 2. The number of hydrogen-bond acceptors (Lipinski definition) is 7. The van der Waals surface area contributed by atoms with Crippen LogP contribution in [0.1, 0.15) is 48.6 Å². The Bertz CT molecular complexity index is 1380. The van der Waals surface area contributed by atoms with Crippen LogP contribution < -0.4 is 10.2 Å². The normalized spacial score (nSPS) is 14.4. The average molecular weight is 500 g/mol. The average Bonchev–Trinajstić information content (AvgIpc) is 3.66. The molecule has 1 aliphatic carbocycles. The third-order valence-corrected chi connectivity index (χ3v) is 6.56. The van der Waals surface area contributed by atoms with E-state index in [9.17, 15) is 9.59 Å². The number of nitrogens with zero attached hydrogens (tertiary/aromatic N) is 6. The highest BCUT2D eigenvalue weighted by Crippen LogP contribution is 2.31. The van der Waals surface area contributed by atoms with Gasteiger partial charge in [-0.3, -0.25) is 19.5 Å². The van der Waals surface area contributed by atoms with Crippen LogP contribution in [0.5, 0.6) is 0 Å². The fourth-order valence-corrected chi connectivity index (χ4v) is 4.73. The van der Waals surface area contributed by atoms with Crippen molar-refractivity contribution in [1.29, 1.82) is 0 Å². The van der Waals surface area contributed by atoms with Crippen LogP contribution in [0.25, 0.3) is 11.6 Å². The Labute approximate surface area is 214 Å². The number of para-hydroxylation sites is 1. The Morgan fingerprint density at radius 2 is 1.84 bits per heavy atom. The summed E-state index contributed by atoms with van der Waals surface area (Å²) in [6.07, 6.45) is 7.29. The van der Waals surface area contributed by atoms with Gasteiger partial charge in [0.05, 0.1) is 0 Å². The van der Waals surface area contributed by atoms with E-state index in [0.717, 1.165) is 37.0 Å². The molecule has 0 radical (unpaired) electrons. The molecule has 1 unspecified atom stereocenters. The maximum atomic E-state index is 13.9. The van der Waals surface area contributed by atoms with Gasteiger partial charge < -0.3 is 9.73 Å². The summed E-state index contributed by atoms with van der Waals surface area (Å²) in [6.45, 7) is 3.53. The maximum absolute atomic E-state index is 13.9. The minimum absolute atomic E-state index is 0.0990. The van der Waals surface area contributed by atoms with Gasteiger partial charge in [-0.1, -0.05) is 31.0 Å². The molecule has 1 aliphatic rings. The molecule has 0 saturated heterocycles. The number of carbonyl (C=O) groups excluding carboxylic acids is 2. The first kappa shape index (κ1) is 24.4. The van der Waals surface area contributed by atoms with Gasteiger partial charge >= 0.3 is 0 Å². The lowest BCUT2D eigenvalue weighted by Crippen LogP contribution is -2.47. The summed E-state index contributed by atoms with van der Waals surface area (Å²) in [5.74, 6) is 0.900. The molecule has 5 rings (SSSR count). The number of pyridine rings is 1. The molecule has 0 spiro atoms. The summed E-state index contributed by atoms with van der Waals surface area (Å²) in [5, 5.41) is 15.6. The molecule has 190 valence electrons. The summed E-state index contributed by atoms with van der Waals surface area (Å²) < 4.78 is 5.58. The standard InChI is InChI=1S/C27H29N7O3/c1-18-7-3-6-10-22(18)34(24(35)17-33-31-26(30-32-33)23-12-11-19(2)37-23)25(20-13-15-28-16-14-20)27(36)29-21-8-4-5-9-21/h3,6-7,10-16,21,25H,4-5,8-9,17H2,1-2H3,(H,29,36). The highest BCUT2D eigenvalue weighted by atomic mass is 16.3. The molecule has 1 aromatic carbocycles. The van der Waals surface area contributed by atoms with Crippen LogP contribution in [0.3, 0.4) is 0 Å². The van der Waals surface area contributed by atoms with E-state index < -0.39 is 6.04 Å². The van der Waals surface area contributed by atoms with Crippen molar-refractivity contribution in [2.45, 2.75) is 58.2 Å². The molecule has 37 heavy (non-hydrogen) atoms. The fourth-order valence-electron chi connectivity index (χ4n) is 4.73. The molecular weight excluding hydrogens is 470 g/mol. The predicted octanol–water partition coefficient (Wildman–Crippen LogP) is 3.78. The summed E-state index contributed by atoms with van der Waals surface area (Å²) in [7, 11) is 0. The largest absolute Gasteiger partial charge is 0.458 e. The molecular formula is C27H29N7O3. The second kappa shape index (κ2) is 10.7. The van der Waals surface area contributed by atoms with Crippen LogP contribution in [0.4, 0.5) is 5.69 Å². The summed E-state index contributed by atoms with van der Waals surface area (Å²) in [4.78, 5) is 34.6. The third kappa shape index (κ3) is 5.42. The van der Waals surface area contributed by atoms with Crippen molar-refractivity contribution in [1.82, 2.24) is 30.5 Å². The second-order valence-corrected chi connectivity index (χ2v) is 9.28. The first-order chi connectivity index (χ1) is 18.0. The van der Waals surface area contributed by atoms with E-state index in [-0.39, 0.29) is 30.2 Å². The van der Waals surface area contributed by atoms with E-state index in [4.69, 9.17) is 4.42 Å². The zero-order valence-electron chi connectivity index (χ0n) is 20.9. The molecule has 2 amide bonds. The molecule has 10 nitrogen and oxygen atoms in total. The molecule has 1 fully saturated rings. The number of carbonyl (C=O) groups is 2. The van der Waals surface area contributed by atoms with Crippen LogP contribution in [0.15, 0.2) is 65.3 Å². The minimum atomic E-state index is -0.895. The molecule has 1 N–H and O–H groups in total. The van der Waals surface area contributed by atoms with Crippen LogP contribution in [0, 0.1) is 13.8 Å². The van der Waals surface area contributed by atoms with Crippen molar-refractivity contribution >= 4 is 17.5 Å². The van der Waals surface area contributed by atoms with E-state index in [1.54, 1.807) is 30.6 Å². The minimum Gasteiger partial charge on any atom is -0.458 e. The van der Waals surface area contributed by atoms with Crippen molar-refractivity contribution in [2.75, 3.05) is 4.90 Å². The molecule has 4 aromatic rings. The van der Waals surface area contributed by atoms with Crippen molar-refractivity contribution in [2.24, 2.45) is 0 Å². The Hall–Kier alpha value is -4.34. The van der Waals surface area contributed by atoms with Gasteiger partial charge in [-0.25, -0.2) is 0 Å². The van der Waals surface area contributed by atoms with Crippen molar-refractivity contribution in [3.8, 4) is 11.6 Å². The third-order valence-electron chi connectivity index (χ3n) is 6.56. The molecule has 1 atom stereocenters. The lowest BCUT2D eigenvalue weighted by atomic mass is 10.0. The molecule has 3 heterocycles. The highest BCUT2D eigenvalue weighted by Gasteiger charge is 2.35. The molecule has 3 aromatic heterocycles. The van der Waals surface area contributed by atoms with E-state index in [1.807, 2.05) is 44.2 Å². The van der Waals surface area contributed by atoms with Gasteiger partial charge in [0, 0.05) is 24.1 Å². The number of rotatable bonds is 8. The zero-order valence-corrected chi connectivity index (χ0v) is 20.9. The van der Waals surface area contributed by atoms with E-state index in [1.165, 1.54) is 9.70 Å². The lowest BCUT2D eigenvalue weighted by molar-refractivity contribution is -0.127. The second-order valence-electron chi connectivity index (χ2n) is 9.28. The number of tetrazole rings is 1. The Morgan fingerprint density at radius 1 is 1.08 bits per heavy atom. The van der Waals surface area contributed by atoms with Crippen LogP contribution in [-0.2, 0) is 16.1 Å². The van der Waals surface area contributed by atoms with Gasteiger partial charge in [0.25, 0.3) is 5.91 Å². The highest BCUT2D eigenvalue weighted by molar-refractivity contribution is 6.01. The first-order valence-electron chi connectivity index (χ1n) is 12.4. The number of benzene rings is 1. The Balaban J connectivity index is 1.50. The van der Waals surface area contributed by atoms with E-state index in [0.29, 0.717) is 17.0 Å². The predicted molar refractivity (Wildman–Crippen MR) is 136 cm³/mol. The Morgan fingerprint density at radius 3 is 2.54 bits per heavy atom. The topological polar surface area (TPSA) is 119 Å². The number of aromatic nitrogens is 5. The van der Waals surface area contributed by atoms with Crippen molar-refractivity contribution < 1.29 is 14.0 Å². The van der Waals surface area contributed by atoms with Gasteiger partial charge in [0.1, 0.15) is 18.3 Å². The van der Waals surface area contributed by atoms with Gasteiger partial charge in [-0.2, -0.15) is 4.80 Å². The van der Waals surface area contributed by atoms with Gasteiger partial charge in [-0.05, 0) is 73.4 Å². The van der Waals surface area contributed by atoms with E-state index >= 15 is 0 Å². The van der Waals surface area contributed by atoms with Crippen molar-refractivity contribution in [3.05, 3.63) is 77.8 Å². The summed E-state index contributed by atoms with van der Waals surface area (Å²) in [6, 6.07) is 13.8. The fraction of sp³-hybridized carbons (Fsp3) is 0.333. The molecule has 1 saturated carbocycles. The number of hydrogen-bond donors (Lipinski definition) is 1. The van der Waals surface area contributed by atoms with Crippen LogP contribution >= 0.6 is 0 Å². The SMILES string of the molecule is Cc1ccc(-c2nnn(CC(=O)N(c3ccccc3C)C(C(=O)NC3CCCC3)c3ccncc3)n2)o1. The van der Waals surface area contributed by atoms with Gasteiger partial charge in [0.2, 0.25) is 11.7 Å². The van der Waals surface area contributed by atoms with Crippen molar-refractivity contribution in [3.63, 3.8) is 0 Å². The number of furan rings is 1. The quantitative estimate of drug-likeness (QED) is 0.392. The van der Waals surface area contributed by atoms with Crippen LogP contribution in [-0.4, -0.2) is 43.0 Å². The monoisotopic (exact) mass is 499 g/mol. The molecule has 10 heteroatoms. The Kier molecular flexibility index (Phi) is 7.07. The van der Waals surface area contributed by atoms with E-state index in [2.05, 4.69) is 25.7 Å². The lowest BCUT2D eigenvalue weighted by Gasteiger charge is -2.33. The maximum Gasteiger partial charge on any atom is 0.251 e. The number of anilines is 1. The number of nitrogens with one attached hydrogen (secondary N) is 1. The molecule has 0 bridgehead atoms.